The number of hydrogen-bond acceptors (Lipinski definition) is 3. The summed E-state index contributed by atoms with van der Waals surface area (Å²) in [6.45, 7) is 5.65. The quantitative estimate of drug-likeness (QED) is 0.571. The van der Waals surface area contributed by atoms with Crippen LogP contribution in [0.25, 0.3) is 11.1 Å². The van der Waals surface area contributed by atoms with Crippen LogP contribution in [0, 0.1) is 6.92 Å². The van der Waals surface area contributed by atoms with Crippen molar-refractivity contribution in [2.24, 2.45) is 0 Å². The molecule has 2 aromatic carbocycles. The van der Waals surface area contributed by atoms with E-state index in [1.165, 1.54) is 52.4 Å². The molecule has 0 aromatic heterocycles. The van der Waals surface area contributed by atoms with E-state index in [1.54, 1.807) is 0 Å². The third kappa shape index (κ3) is 3.16. The Balaban J connectivity index is 0.00000180. The summed E-state index contributed by atoms with van der Waals surface area (Å²) in [6.07, 6.45) is 2.49. The lowest BCUT2D eigenvalue weighted by molar-refractivity contribution is 0.403. The fraction of sp³-hybridized carbons (Fsp3) is 0.429. The molecular weight excluding hydrogens is 419 g/mol. The van der Waals surface area contributed by atoms with E-state index >= 15 is 0 Å². The van der Waals surface area contributed by atoms with Gasteiger partial charge < -0.3 is 10.2 Å². The van der Waals surface area contributed by atoms with Gasteiger partial charge in [0.05, 0.1) is 5.69 Å². The van der Waals surface area contributed by atoms with E-state index in [4.69, 9.17) is 23.2 Å². The molecule has 1 saturated heterocycles. The molecule has 0 bridgehead atoms. The maximum Gasteiger partial charge on any atom is 0.0546 e. The first-order chi connectivity index (χ1) is 12.6. The molecule has 1 fully saturated rings. The van der Waals surface area contributed by atoms with Crippen LogP contribution in [0.1, 0.15) is 29.9 Å². The van der Waals surface area contributed by atoms with Gasteiger partial charge in [0, 0.05) is 45.6 Å². The number of thioether (sulfide) groups is 1. The first-order valence-electron chi connectivity index (χ1n) is 9.38. The van der Waals surface area contributed by atoms with Crippen LogP contribution < -0.4 is 10.2 Å². The van der Waals surface area contributed by atoms with Crippen LogP contribution in [-0.2, 0) is 0 Å². The molecule has 0 radical (unpaired) electrons. The zero-order valence-corrected chi connectivity index (χ0v) is 18.4. The number of benzene rings is 2. The third-order valence-corrected chi connectivity index (χ3v) is 7.91. The fourth-order valence-electron chi connectivity index (χ4n) is 4.89. The smallest absolute Gasteiger partial charge is 0.0546 e. The van der Waals surface area contributed by atoms with Crippen molar-refractivity contribution < 1.29 is 0 Å². The Labute approximate surface area is 181 Å². The van der Waals surface area contributed by atoms with Gasteiger partial charge in [0.15, 0.2) is 0 Å². The Morgan fingerprint density at radius 2 is 2.04 bits per heavy atom. The zero-order valence-electron chi connectivity index (χ0n) is 15.2. The molecule has 1 N–H and O–H groups in total. The van der Waals surface area contributed by atoms with E-state index in [9.17, 15) is 0 Å². The predicted molar refractivity (Wildman–Crippen MR) is 121 cm³/mol. The summed E-state index contributed by atoms with van der Waals surface area (Å²) < 4.78 is 0. The lowest BCUT2D eigenvalue weighted by Gasteiger charge is -2.33. The summed E-state index contributed by atoms with van der Waals surface area (Å²) in [5.74, 6) is 1.78. The fourth-order valence-corrected chi connectivity index (χ4v) is 6.58. The van der Waals surface area contributed by atoms with Gasteiger partial charge in [0.1, 0.15) is 0 Å². The number of hydrogen-bond donors (Lipinski definition) is 1. The van der Waals surface area contributed by atoms with Gasteiger partial charge in [-0.1, -0.05) is 29.3 Å². The van der Waals surface area contributed by atoms with Crippen molar-refractivity contribution >= 4 is 53.1 Å². The van der Waals surface area contributed by atoms with Crippen LogP contribution in [0.2, 0.25) is 10.0 Å². The molecule has 2 nitrogen and oxygen atoms in total. The van der Waals surface area contributed by atoms with E-state index in [-0.39, 0.29) is 12.4 Å². The van der Waals surface area contributed by atoms with Gasteiger partial charge in [-0.05, 0) is 67.0 Å². The highest BCUT2D eigenvalue weighted by molar-refractivity contribution is 7.99. The molecule has 3 aliphatic rings. The van der Waals surface area contributed by atoms with Gasteiger partial charge in [0.25, 0.3) is 0 Å². The monoisotopic (exact) mass is 440 g/mol. The van der Waals surface area contributed by atoms with Crippen molar-refractivity contribution in [1.29, 1.82) is 0 Å². The number of halogens is 3. The highest BCUT2D eigenvalue weighted by atomic mass is 35.5. The second-order valence-electron chi connectivity index (χ2n) is 7.50. The molecule has 27 heavy (non-hydrogen) atoms. The maximum atomic E-state index is 6.58. The van der Waals surface area contributed by atoms with Crippen LogP contribution in [-0.4, -0.2) is 31.4 Å². The van der Waals surface area contributed by atoms with E-state index in [0.717, 1.165) is 23.7 Å². The molecule has 0 spiro atoms. The van der Waals surface area contributed by atoms with Crippen LogP contribution in [0.5, 0.6) is 0 Å². The molecule has 5 rings (SSSR count). The van der Waals surface area contributed by atoms with E-state index in [0.29, 0.717) is 17.0 Å². The molecule has 0 saturated carbocycles. The van der Waals surface area contributed by atoms with Crippen molar-refractivity contribution in [3.05, 3.63) is 45.4 Å². The second kappa shape index (κ2) is 7.68. The minimum absolute atomic E-state index is 0. The summed E-state index contributed by atoms with van der Waals surface area (Å²) in [4.78, 5) is 4.19. The van der Waals surface area contributed by atoms with Crippen LogP contribution in [0.15, 0.2) is 29.2 Å². The Kier molecular flexibility index (Phi) is 5.61. The first-order valence-corrected chi connectivity index (χ1v) is 11.1. The molecule has 144 valence electrons. The number of rotatable bonds is 1. The number of nitrogens with one attached hydrogen (secondary N) is 1. The van der Waals surface area contributed by atoms with Gasteiger partial charge in [-0.2, -0.15) is 0 Å². The summed E-state index contributed by atoms with van der Waals surface area (Å²) >= 11 is 14.7. The number of nitrogens with zero attached hydrogens (tertiary/aromatic N) is 1. The first kappa shape index (κ1) is 19.7. The van der Waals surface area contributed by atoms with Crippen molar-refractivity contribution in [2.75, 3.05) is 30.3 Å². The molecule has 2 aromatic rings. The summed E-state index contributed by atoms with van der Waals surface area (Å²) in [7, 11) is 0. The van der Waals surface area contributed by atoms with Crippen LogP contribution >= 0.6 is 47.4 Å². The lowest BCUT2D eigenvalue weighted by Crippen LogP contribution is -2.44. The third-order valence-electron chi connectivity index (χ3n) is 6.08. The van der Waals surface area contributed by atoms with E-state index in [1.807, 2.05) is 23.9 Å². The average Bonchev–Trinajstić information content (AvgIpc) is 2.78. The van der Waals surface area contributed by atoms with E-state index in [2.05, 4.69) is 29.3 Å². The predicted octanol–water partition coefficient (Wildman–Crippen LogP) is 6.15. The van der Waals surface area contributed by atoms with Gasteiger partial charge >= 0.3 is 0 Å². The standard InChI is InChI=1S/C21H22Cl2N2S.ClH/c1-12-15(14-4-3-13(22)9-18(14)23)10-16-17-11-24-6-5-19(17)25-7-2-8-26-21(12)20(16)25;/h3-4,9-10,17,19,24H,2,5-8,11H2,1H3;1H/t17-,19-;/m0./s1. The van der Waals surface area contributed by atoms with Crippen molar-refractivity contribution in [1.82, 2.24) is 5.32 Å². The zero-order chi connectivity index (χ0) is 17.8. The average molecular weight is 442 g/mol. The Bertz CT molecular complexity index is 886. The van der Waals surface area contributed by atoms with Gasteiger partial charge in [-0.15, -0.1) is 24.2 Å². The molecule has 6 heteroatoms. The molecule has 0 unspecified atom stereocenters. The molecule has 0 aliphatic carbocycles. The SMILES string of the molecule is Cc1c(-c2ccc(Cl)cc2Cl)cc2c3c1SCCCN3[C@H]1CCNC[C@@H]21.Cl. The second-order valence-corrected chi connectivity index (χ2v) is 9.45. The normalized spacial score (nSPS) is 23.3. The van der Waals surface area contributed by atoms with Crippen molar-refractivity contribution in [2.45, 2.75) is 36.6 Å². The van der Waals surface area contributed by atoms with E-state index < -0.39 is 0 Å². The summed E-state index contributed by atoms with van der Waals surface area (Å²) in [5, 5.41) is 5.04. The van der Waals surface area contributed by atoms with Crippen LogP contribution in [0.4, 0.5) is 5.69 Å². The topological polar surface area (TPSA) is 15.3 Å². The largest absolute Gasteiger partial charge is 0.367 e. The Hall–Kier alpha value is -0.580. The lowest BCUT2D eigenvalue weighted by atomic mass is 9.87. The van der Waals surface area contributed by atoms with Crippen molar-refractivity contribution in [3.63, 3.8) is 0 Å². The summed E-state index contributed by atoms with van der Waals surface area (Å²) in [6, 6.07) is 8.93. The highest BCUT2D eigenvalue weighted by Crippen LogP contribution is 2.53. The number of anilines is 1. The molecule has 0 amide bonds. The highest BCUT2D eigenvalue weighted by Gasteiger charge is 2.42. The molecule has 3 aliphatic heterocycles. The maximum absolute atomic E-state index is 6.58. The molecule has 2 atom stereocenters. The number of piperidine rings is 1. The van der Waals surface area contributed by atoms with Gasteiger partial charge in [-0.25, -0.2) is 0 Å². The minimum atomic E-state index is 0. The minimum Gasteiger partial charge on any atom is -0.367 e. The summed E-state index contributed by atoms with van der Waals surface area (Å²) in [5.41, 5.74) is 6.74. The van der Waals surface area contributed by atoms with Crippen molar-refractivity contribution in [3.8, 4) is 11.1 Å². The van der Waals surface area contributed by atoms with Gasteiger partial charge in [-0.3, -0.25) is 0 Å². The molecular formula is C21H23Cl3N2S. The molecule has 3 heterocycles. The number of fused-ring (bicyclic) bond motifs is 3. The Morgan fingerprint density at radius 3 is 2.85 bits per heavy atom. The van der Waals surface area contributed by atoms with Gasteiger partial charge in [0.2, 0.25) is 0 Å². The Morgan fingerprint density at radius 1 is 1.19 bits per heavy atom. The van der Waals surface area contributed by atoms with Crippen LogP contribution in [0.3, 0.4) is 0 Å².